The number of halogens is 1. The number of hydrogen-bond acceptors (Lipinski definition) is 4. The number of rotatable bonds is 4. The van der Waals surface area contributed by atoms with Crippen LogP contribution < -0.4 is 15.1 Å². The van der Waals surface area contributed by atoms with Crippen molar-refractivity contribution in [1.29, 1.82) is 0 Å². The number of amides is 2. The van der Waals surface area contributed by atoms with E-state index in [1.165, 1.54) is 5.01 Å². The second-order valence-corrected chi connectivity index (χ2v) is 5.85. The van der Waals surface area contributed by atoms with E-state index in [4.69, 9.17) is 16.3 Å². The molecule has 0 aliphatic carbocycles. The summed E-state index contributed by atoms with van der Waals surface area (Å²) in [6.45, 7) is 0. The number of nitrogens with one attached hydrogen (secondary N) is 1. The standard InChI is InChI=1S/C18H16ClN3O3/c1-25-15-8-4-13(5-9-15)20-18(24)16-10-11-17(23)22(21-16)14-6-2-12(19)3-7-14/h2-9H,10-11H2,1H3,(H,20,24). The van der Waals surface area contributed by atoms with Crippen molar-refractivity contribution >= 4 is 40.5 Å². The van der Waals surface area contributed by atoms with Crippen molar-refractivity contribution in [3.63, 3.8) is 0 Å². The van der Waals surface area contributed by atoms with Crippen LogP contribution in [0.15, 0.2) is 53.6 Å². The number of methoxy groups -OCH3 is 1. The van der Waals surface area contributed by atoms with Gasteiger partial charge in [-0.3, -0.25) is 9.59 Å². The first kappa shape index (κ1) is 17.0. The lowest BCUT2D eigenvalue weighted by molar-refractivity contribution is -0.118. The van der Waals surface area contributed by atoms with Gasteiger partial charge in [-0.1, -0.05) is 11.6 Å². The Kier molecular flexibility index (Phi) is 5.00. The van der Waals surface area contributed by atoms with Gasteiger partial charge in [0.05, 0.1) is 12.8 Å². The van der Waals surface area contributed by atoms with Gasteiger partial charge in [0.1, 0.15) is 11.5 Å². The zero-order chi connectivity index (χ0) is 17.8. The second-order valence-electron chi connectivity index (χ2n) is 5.41. The highest BCUT2D eigenvalue weighted by Gasteiger charge is 2.25. The molecule has 0 spiro atoms. The molecule has 0 fully saturated rings. The van der Waals surface area contributed by atoms with E-state index in [0.717, 1.165) is 0 Å². The smallest absolute Gasteiger partial charge is 0.271 e. The molecule has 0 saturated heterocycles. The highest BCUT2D eigenvalue weighted by atomic mass is 35.5. The number of hydrogen-bond donors (Lipinski definition) is 1. The number of ether oxygens (including phenoxy) is 1. The monoisotopic (exact) mass is 357 g/mol. The number of anilines is 2. The van der Waals surface area contributed by atoms with Gasteiger partial charge in [-0.25, -0.2) is 5.01 Å². The first-order valence-electron chi connectivity index (χ1n) is 7.68. The average Bonchev–Trinajstić information content (AvgIpc) is 2.63. The van der Waals surface area contributed by atoms with Gasteiger partial charge in [-0.15, -0.1) is 0 Å². The summed E-state index contributed by atoms with van der Waals surface area (Å²) in [7, 11) is 1.58. The molecule has 3 rings (SSSR count). The molecule has 2 aromatic carbocycles. The molecule has 6 nitrogen and oxygen atoms in total. The summed E-state index contributed by atoms with van der Waals surface area (Å²) in [5.41, 5.74) is 1.50. The first-order chi connectivity index (χ1) is 12.1. The molecule has 25 heavy (non-hydrogen) atoms. The van der Waals surface area contributed by atoms with Crippen molar-refractivity contribution in [2.45, 2.75) is 12.8 Å². The largest absolute Gasteiger partial charge is 0.497 e. The third-order valence-corrected chi connectivity index (χ3v) is 3.97. The van der Waals surface area contributed by atoms with Crippen molar-refractivity contribution in [2.75, 3.05) is 17.4 Å². The number of carbonyl (C=O) groups excluding carboxylic acids is 2. The van der Waals surface area contributed by atoms with Gasteiger partial charge >= 0.3 is 0 Å². The van der Waals surface area contributed by atoms with Crippen LogP contribution in [0.5, 0.6) is 5.75 Å². The van der Waals surface area contributed by atoms with Crippen LogP contribution in [0.25, 0.3) is 0 Å². The molecule has 2 amide bonds. The first-order valence-corrected chi connectivity index (χ1v) is 8.06. The van der Waals surface area contributed by atoms with Crippen LogP contribution in [0.3, 0.4) is 0 Å². The zero-order valence-electron chi connectivity index (χ0n) is 13.5. The van der Waals surface area contributed by atoms with Crippen LogP contribution >= 0.6 is 11.6 Å². The van der Waals surface area contributed by atoms with Crippen molar-refractivity contribution in [2.24, 2.45) is 5.10 Å². The number of hydrazone groups is 1. The van der Waals surface area contributed by atoms with Gasteiger partial charge in [-0.05, 0) is 48.5 Å². The van der Waals surface area contributed by atoms with Gasteiger partial charge in [0, 0.05) is 23.6 Å². The molecule has 1 aliphatic heterocycles. The maximum absolute atomic E-state index is 12.4. The van der Waals surface area contributed by atoms with Crippen molar-refractivity contribution in [3.8, 4) is 5.75 Å². The molecule has 0 saturated carbocycles. The Labute approximate surface area is 150 Å². The minimum atomic E-state index is -0.336. The lowest BCUT2D eigenvalue weighted by Crippen LogP contribution is -2.36. The molecule has 1 aliphatic rings. The van der Waals surface area contributed by atoms with Crippen LogP contribution in [-0.4, -0.2) is 24.6 Å². The van der Waals surface area contributed by atoms with E-state index in [0.29, 0.717) is 34.3 Å². The topological polar surface area (TPSA) is 71.0 Å². The molecule has 0 bridgehead atoms. The molecular weight excluding hydrogens is 342 g/mol. The number of benzene rings is 2. The van der Waals surface area contributed by atoms with E-state index in [1.807, 2.05) is 0 Å². The van der Waals surface area contributed by atoms with Crippen molar-refractivity contribution < 1.29 is 14.3 Å². The minimum absolute atomic E-state index is 0.164. The predicted octanol–water partition coefficient (Wildman–Crippen LogP) is 3.47. The Morgan fingerprint density at radius 2 is 1.80 bits per heavy atom. The summed E-state index contributed by atoms with van der Waals surface area (Å²) in [4.78, 5) is 24.5. The van der Waals surface area contributed by atoms with Crippen molar-refractivity contribution in [1.82, 2.24) is 0 Å². The maximum Gasteiger partial charge on any atom is 0.271 e. The molecule has 7 heteroatoms. The fourth-order valence-corrected chi connectivity index (χ4v) is 2.50. The third-order valence-electron chi connectivity index (χ3n) is 3.71. The van der Waals surface area contributed by atoms with Gasteiger partial charge < -0.3 is 10.1 Å². The zero-order valence-corrected chi connectivity index (χ0v) is 14.3. The summed E-state index contributed by atoms with van der Waals surface area (Å²) in [6.07, 6.45) is 0.516. The molecule has 1 heterocycles. The van der Waals surface area contributed by atoms with Crippen molar-refractivity contribution in [3.05, 3.63) is 53.6 Å². The van der Waals surface area contributed by atoms with Crippen LogP contribution in [0, 0.1) is 0 Å². The Morgan fingerprint density at radius 1 is 1.12 bits per heavy atom. The summed E-state index contributed by atoms with van der Waals surface area (Å²) in [6, 6.07) is 13.7. The second kappa shape index (κ2) is 7.36. The fourth-order valence-electron chi connectivity index (χ4n) is 2.38. The number of nitrogens with zero attached hydrogens (tertiary/aromatic N) is 2. The lowest BCUT2D eigenvalue weighted by atomic mass is 10.1. The molecule has 1 N–H and O–H groups in total. The van der Waals surface area contributed by atoms with E-state index in [1.54, 1.807) is 55.6 Å². The highest BCUT2D eigenvalue weighted by molar-refractivity contribution is 6.44. The van der Waals surface area contributed by atoms with E-state index >= 15 is 0 Å². The fraction of sp³-hybridized carbons (Fsp3) is 0.167. The van der Waals surface area contributed by atoms with Crippen LogP contribution in [0.1, 0.15) is 12.8 Å². The van der Waals surface area contributed by atoms with E-state index < -0.39 is 0 Å². The van der Waals surface area contributed by atoms with Gasteiger partial charge in [0.15, 0.2) is 0 Å². The van der Waals surface area contributed by atoms with E-state index in [9.17, 15) is 9.59 Å². The maximum atomic E-state index is 12.4. The molecule has 128 valence electrons. The molecule has 0 aromatic heterocycles. The van der Waals surface area contributed by atoms with E-state index in [-0.39, 0.29) is 18.2 Å². The van der Waals surface area contributed by atoms with Crippen LogP contribution in [0.2, 0.25) is 5.02 Å². The van der Waals surface area contributed by atoms with Gasteiger partial charge in [0.25, 0.3) is 5.91 Å². The SMILES string of the molecule is COc1ccc(NC(=O)C2=NN(c3ccc(Cl)cc3)C(=O)CC2)cc1. The Hall–Kier alpha value is -2.86. The highest BCUT2D eigenvalue weighted by Crippen LogP contribution is 2.23. The normalized spacial score (nSPS) is 14.1. The van der Waals surface area contributed by atoms with Crippen LogP contribution in [-0.2, 0) is 9.59 Å². The molecule has 0 unspecified atom stereocenters. The molecule has 0 radical (unpaired) electrons. The minimum Gasteiger partial charge on any atom is -0.497 e. The molecular formula is C18H16ClN3O3. The Balaban J connectivity index is 1.77. The van der Waals surface area contributed by atoms with E-state index in [2.05, 4.69) is 10.4 Å². The quantitative estimate of drug-likeness (QED) is 0.910. The summed E-state index contributed by atoms with van der Waals surface area (Å²) >= 11 is 5.87. The predicted molar refractivity (Wildman–Crippen MR) is 97.2 cm³/mol. The number of carbonyl (C=O) groups is 2. The average molecular weight is 358 g/mol. The summed E-state index contributed by atoms with van der Waals surface area (Å²) in [5.74, 6) is 0.201. The Bertz CT molecular complexity index is 816. The summed E-state index contributed by atoms with van der Waals surface area (Å²) in [5, 5.41) is 8.79. The van der Waals surface area contributed by atoms with Gasteiger partial charge in [-0.2, -0.15) is 5.10 Å². The molecule has 2 aromatic rings. The molecule has 0 atom stereocenters. The third kappa shape index (κ3) is 3.97. The van der Waals surface area contributed by atoms with Gasteiger partial charge in [0.2, 0.25) is 5.91 Å². The Morgan fingerprint density at radius 3 is 2.44 bits per heavy atom. The summed E-state index contributed by atoms with van der Waals surface area (Å²) < 4.78 is 5.08. The van der Waals surface area contributed by atoms with Crippen LogP contribution in [0.4, 0.5) is 11.4 Å². The lowest BCUT2D eigenvalue weighted by Gasteiger charge is -2.23.